The summed E-state index contributed by atoms with van der Waals surface area (Å²) in [5.41, 5.74) is -0.611. The largest absolute Gasteiger partial charge is 0.480 e. The van der Waals surface area contributed by atoms with Gasteiger partial charge in [-0.2, -0.15) is 0 Å². The number of fused-ring (bicyclic) bond motifs is 1. The van der Waals surface area contributed by atoms with Gasteiger partial charge in [-0.05, 0) is 39.5 Å². The summed E-state index contributed by atoms with van der Waals surface area (Å²) in [7, 11) is 0. The molecular weight excluding hydrogens is 234 g/mol. The summed E-state index contributed by atoms with van der Waals surface area (Å²) in [6.07, 6.45) is 4.73. The molecule has 100 valence electrons. The second-order valence-corrected chi connectivity index (χ2v) is 5.89. The van der Waals surface area contributed by atoms with Gasteiger partial charge in [0.15, 0.2) is 0 Å². The fourth-order valence-electron chi connectivity index (χ4n) is 2.64. The fourth-order valence-corrected chi connectivity index (χ4v) is 2.64. The molecule has 1 fully saturated rings. The van der Waals surface area contributed by atoms with Crippen molar-refractivity contribution in [3.8, 4) is 0 Å². The Balaban J connectivity index is 2.18. The number of rotatable bonds is 1. The summed E-state index contributed by atoms with van der Waals surface area (Å²) in [5, 5.41) is 9.21. The minimum absolute atomic E-state index is 0.124. The van der Waals surface area contributed by atoms with Gasteiger partial charge in [-0.25, -0.2) is 9.59 Å². The smallest absolute Gasteiger partial charge is 0.411 e. The van der Waals surface area contributed by atoms with Crippen LogP contribution >= 0.6 is 0 Å². The Morgan fingerprint density at radius 3 is 2.61 bits per heavy atom. The van der Waals surface area contributed by atoms with Crippen LogP contribution in [0.2, 0.25) is 0 Å². The summed E-state index contributed by atoms with van der Waals surface area (Å²) in [5.74, 6) is -0.734. The number of aliphatic carboxylic acids is 1. The van der Waals surface area contributed by atoms with Crippen LogP contribution in [-0.4, -0.2) is 39.8 Å². The normalized spacial score (nSPS) is 30.4. The maximum Gasteiger partial charge on any atom is 0.411 e. The molecule has 1 heterocycles. The Morgan fingerprint density at radius 2 is 2.06 bits per heavy atom. The summed E-state index contributed by atoms with van der Waals surface area (Å²) in [6.45, 7) is 5.33. The van der Waals surface area contributed by atoms with Gasteiger partial charge in [-0.3, -0.25) is 4.90 Å². The molecule has 1 aliphatic heterocycles. The maximum absolute atomic E-state index is 12.1. The third kappa shape index (κ3) is 2.35. The maximum atomic E-state index is 12.1. The number of amides is 1. The van der Waals surface area contributed by atoms with E-state index in [1.54, 1.807) is 20.8 Å². The minimum Gasteiger partial charge on any atom is -0.480 e. The monoisotopic (exact) mass is 253 g/mol. The van der Waals surface area contributed by atoms with E-state index in [1.807, 2.05) is 12.2 Å². The van der Waals surface area contributed by atoms with Crippen molar-refractivity contribution >= 4 is 12.1 Å². The molecule has 3 atom stereocenters. The Labute approximate surface area is 106 Å². The number of carboxylic acid groups (broad SMARTS) is 1. The van der Waals surface area contributed by atoms with Crippen LogP contribution < -0.4 is 0 Å². The second-order valence-electron chi connectivity index (χ2n) is 5.89. The number of hydrogen-bond donors (Lipinski definition) is 1. The fraction of sp³-hybridized carbons (Fsp3) is 0.692. The van der Waals surface area contributed by atoms with Crippen LogP contribution in [0.1, 0.15) is 33.6 Å². The van der Waals surface area contributed by atoms with Gasteiger partial charge in [0.1, 0.15) is 11.6 Å². The zero-order chi connectivity index (χ0) is 13.5. The highest BCUT2D eigenvalue weighted by Gasteiger charge is 2.48. The Morgan fingerprint density at radius 1 is 1.39 bits per heavy atom. The lowest BCUT2D eigenvalue weighted by molar-refractivity contribution is -0.142. The standard InChI is InChI=1S/C13H19NO4/c1-13(2,3)18-12(17)14-9-6-4-5-8(9)7-10(14)11(15)16/h4,6,8-10H,5,7H2,1-3H3,(H,15,16)/t8?,9?,10-/m0/s1. The first-order chi connectivity index (χ1) is 8.29. The van der Waals surface area contributed by atoms with E-state index in [4.69, 9.17) is 4.74 Å². The van der Waals surface area contributed by atoms with Crippen molar-refractivity contribution in [1.29, 1.82) is 0 Å². The van der Waals surface area contributed by atoms with Crippen molar-refractivity contribution in [3.05, 3.63) is 12.2 Å². The number of nitrogens with zero attached hydrogens (tertiary/aromatic N) is 1. The van der Waals surface area contributed by atoms with Crippen LogP contribution in [0, 0.1) is 5.92 Å². The topological polar surface area (TPSA) is 66.8 Å². The third-order valence-corrected chi connectivity index (χ3v) is 3.33. The molecule has 0 aromatic carbocycles. The quantitative estimate of drug-likeness (QED) is 0.726. The molecule has 5 nitrogen and oxygen atoms in total. The van der Waals surface area contributed by atoms with Crippen molar-refractivity contribution in [2.24, 2.45) is 5.92 Å². The number of carboxylic acids is 1. The molecule has 1 amide bonds. The Bertz CT molecular complexity index is 396. The van der Waals surface area contributed by atoms with E-state index in [-0.39, 0.29) is 12.0 Å². The van der Waals surface area contributed by atoms with Gasteiger partial charge in [-0.1, -0.05) is 12.2 Å². The molecule has 5 heteroatoms. The van der Waals surface area contributed by atoms with Crippen molar-refractivity contribution in [3.63, 3.8) is 0 Å². The van der Waals surface area contributed by atoms with Crippen molar-refractivity contribution in [1.82, 2.24) is 4.90 Å². The van der Waals surface area contributed by atoms with Crippen LogP contribution in [0.5, 0.6) is 0 Å². The van der Waals surface area contributed by atoms with Crippen LogP contribution in [0.25, 0.3) is 0 Å². The lowest BCUT2D eigenvalue weighted by atomic mass is 10.0. The van der Waals surface area contributed by atoms with E-state index >= 15 is 0 Å². The van der Waals surface area contributed by atoms with E-state index in [1.165, 1.54) is 4.90 Å². The predicted octanol–water partition coefficient (Wildman–Crippen LogP) is 2.03. The van der Waals surface area contributed by atoms with Gasteiger partial charge >= 0.3 is 12.1 Å². The number of carbonyl (C=O) groups is 2. The van der Waals surface area contributed by atoms with Gasteiger partial charge in [0, 0.05) is 0 Å². The Kier molecular flexibility index (Phi) is 3.09. The predicted molar refractivity (Wildman–Crippen MR) is 65.1 cm³/mol. The van der Waals surface area contributed by atoms with Gasteiger partial charge in [0.05, 0.1) is 6.04 Å². The zero-order valence-corrected chi connectivity index (χ0v) is 10.9. The van der Waals surface area contributed by atoms with E-state index in [2.05, 4.69) is 0 Å². The first-order valence-corrected chi connectivity index (χ1v) is 6.20. The van der Waals surface area contributed by atoms with E-state index in [9.17, 15) is 14.7 Å². The minimum atomic E-state index is -0.955. The molecular formula is C13H19NO4. The molecule has 18 heavy (non-hydrogen) atoms. The van der Waals surface area contributed by atoms with Crippen LogP contribution in [0.15, 0.2) is 12.2 Å². The lowest BCUT2D eigenvalue weighted by Crippen LogP contribution is -2.46. The van der Waals surface area contributed by atoms with Crippen molar-refractivity contribution in [2.45, 2.75) is 51.3 Å². The molecule has 2 aliphatic rings. The molecule has 0 bridgehead atoms. The van der Waals surface area contributed by atoms with Crippen LogP contribution in [-0.2, 0) is 9.53 Å². The lowest BCUT2D eigenvalue weighted by Gasteiger charge is -2.29. The highest BCUT2D eigenvalue weighted by molar-refractivity contribution is 5.81. The van der Waals surface area contributed by atoms with Crippen LogP contribution in [0.4, 0.5) is 4.79 Å². The molecule has 1 aliphatic carbocycles. The molecule has 0 spiro atoms. The molecule has 1 saturated heterocycles. The van der Waals surface area contributed by atoms with Gasteiger partial charge in [-0.15, -0.1) is 0 Å². The van der Waals surface area contributed by atoms with Crippen molar-refractivity contribution in [2.75, 3.05) is 0 Å². The number of carbonyl (C=O) groups excluding carboxylic acids is 1. The number of likely N-dealkylation sites (tertiary alicyclic amines) is 1. The molecule has 2 unspecified atom stereocenters. The molecule has 0 saturated carbocycles. The number of hydrogen-bond acceptors (Lipinski definition) is 3. The van der Waals surface area contributed by atoms with Gasteiger partial charge in [0.2, 0.25) is 0 Å². The first-order valence-electron chi connectivity index (χ1n) is 6.20. The van der Waals surface area contributed by atoms with E-state index in [0.29, 0.717) is 6.42 Å². The number of ether oxygens (including phenoxy) is 1. The highest BCUT2D eigenvalue weighted by Crippen LogP contribution is 2.38. The highest BCUT2D eigenvalue weighted by atomic mass is 16.6. The van der Waals surface area contributed by atoms with Gasteiger partial charge in [0.25, 0.3) is 0 Å². The zero-order valence-electron chi connectivity index (χ0n) is 10.9. The molecule has 2 rings (SSSR count). The van der Waals surface area contributed by atoms with Gasteiger partial charge < -0.3 is 9.84 Å². The third-order valence-electron chi connectivity index (χ3n) is 3.33. The first kappa shape index (κ1) is 12.9. The average molecular weight is 253 g/mol. The number of allylic oxidation sites excluding steroid dienone is 1. The summed E-state index contributed by atoms with van der Waals surface area (Å²) in [6, 6.07) is -0.888. The summed E-state index contributed by atoms with van der Waals surface area (Å²) in [4.78, 5) is 24.7. The molecule has 1 N–H and O–H groups in total. The Hall–Kier alpha value is -1.52. The van der Waals surface area contributed by atoms with E-state index < -0.39 is 23.7 Å². The average Bonchev–Trinajstić information content (AvgIpc) is 2.70. The van der Waals surface area contributed by atoms with E-state index in [0.717, 1.165) is 6.42 Å². The molecule has 0 aromatic rings. The molecule has 0 aromatic heterocycles. The van der Waals surface area contributed by atoms with Crippen molar-refractivity contribution < 1.29 is 19.4 Å². The SMILES string of the molecule is CC(C)(C)OC(=O)N1C2C=CCC2C[C@H]1C(=O)O. The second kappa shape index (κ2) is 4.30. The summed E-state index contributed by atoms with van der Waals surface area (Å²) < 4.78 is 5.30. The van der Waals surface area contributed by atoms with Crippen LogP contribution in [0.3, 0.4) is 0 Å². The summed E-state index contributed by atoms with van der Waals surface area (Å²) >= 11 is 0. The molecule has 0 radical (unpaired) electrons.